The Morgan fingerprint density at radius 1 is 1.11 bits per heavy atom. The summed E-state index contributed by atoms with van der Waals surface area (Å²) in [7, 11) is 0. The van der Waals surface area contributed by atoms with Crippen LogP contribution in [0.5, 0.6) is 0 Å². The van der Waals surface area contributed by atoms with Crippen molar-refractivity contribution < 1.29 is 14.3 Å². The first-order valence-corrected chi connectivity index (χ1v) is 9.46. The van der Waals surface area contributed by atoms with Gasteiger partial charge in [-0.25, -0.2) is 0 Å². The number of likely N-dealkylation sites (tertiary alicyclic amines) is 1. The predicted octanol–water partition coefficient (Wildman–Crippen LogP) is 2.50. The van der Waals surface area contributed by atoms with Crippen molar-refractivity contribution in [1.82, 2.24) is 15.2 Å². The Kier molecular flexibility index (Phi) is 5.16. The molecule has 0 saturated carbocycles. The fourth-order valence-corrected chi connectivity index (χ4v) is 3.60. The zero-order valence-corrected chi connectivity index (χ0v) is 15.2. The summed E-state index contributed by atoms with van der Waals surface area (Å²) < 4.78 is 5.29. The summed E-state index contributed by atoms with van der Waals surface area (Å²) in [6, 6.07) is 10.9. The van der Waals surface area contributed by atoms with Crippen molar-refractivity contribution in [3.63, 3.8) is 0 Å². The minimum absolute atomic E-state index is 0.0265. The number of hydrogen-bond acceptors (Lipinski definition) is 4. The van der Waals surface area contributed by atoms with E-state index >= 15 is 0 Å². The number of rotatable bonds is 4. The van der Waals surface area contributed by atoms with E-state index < -0.39 is 0 Å². The van der Waals surface area contributed by atoms with Gasteiger partial charge < -0.3 is 15.0 Å². The molecule has 0 aliphatic carbocycles. The van der Waals surface area contributed by atoms with E-state index in [1.807, 2.05) is 23.1 Å². The minimum Gasteiger partial charge on any atom is -0.379 e. The lowest BCUT2D eigenvalue weighted by Crippen LogP contribution is -2.34. The van der Waals surface area contributed by atoms with Gasteiger partial charge in [0.2, 0.25) is 0 Å². The van der Waals surface area contributed by atoms with E-state index in [0.717, 1.165) is 37.9 Å². The molecule has 2 aliphatic heterocycles. The standard InChI is InChI=1S/C21H23N3O3/c25-20(23-17-9-13-27-14-17)16-7-5-15(6-8-16)19-18(4-3-10-22-19)21(26)24-11-1-2-12-24/h3-8,10,17H,1-2,9,11-14H2,(H,23,25)/t17-/m1/s1. The molecule has 6 nitrogen and oxygen atoms in total. The molecule has 1 aromatic carbocycles. The molecule has 6 heteroatoms. The Hall–Kier alpha value is -2.73. The summed E-state index contributed by atoms with van der Waals surface area (Å²) in [5.41, 5.74) is 2.69. The normalized spacial score (nSPS) is 19.3. The molecule has 1 atom stereocenters. The second-order valence-electron chi connectivity index (χ2n) is 7.01. The van der Waals surface area contributed by atoms with E-state index in [2.05, 4.69) is 10.3 Å². The number of aromatic nitrogens is 1. The highest BCUT2D eigenvalue weighted by molar-refractivity contribution is 6.00. The summed E-state index contributed by atoms with van der Waals surface area (Å²) in [5, 5.41) is 2.98. The summed E-state index contributed by atoms with van der Waals surface area (Å²) in [6.45, 7) is 2.87. The maximum atomic E-state index is 12.8. The summed E-state index contributed by atoms with van der Waals surface area (Å²) in [6.07, 6.45) is 4.64. The predicted molar refractivity (Wildman–Crippen MR) is 102 cm³/mol. The fraction of sp³-hybridized carbons (Fsp3) is 0.381. The molecule has 2 saturated heterocycles. The monoisotopic (exact) mass is 365 g/mol. The molecule has 1 N–H and O–H groups in total. The number of nitrogens with zero attached hydrogens (tertiary/aromatic N) is 2. The molecule has 140 valence electrons. The average Bonchev–Trinajstić information content (AvgIpc) is 3.42. The van der Waals surface area contributed by atoms with Crippen molar-refractivity contribution in [3.05, 3.63) is 53.7 Å². The number of amides is 2. The second kappa shape index (κ2) is 7.88. The lowest BCUT2D eigenvalue weighted by Gasteiger charge is -2.17. The van der Waals surface area contributed by atoms with Crippen molar-refractivity contribution in [2.24, 2.45) is 0 Å². The zero-order valence-electron chi connectivity index (χ0n) is 15.2. The maximum Gasteiger partial charge on any atom is 0.256 e. The van der Waals surface area contributed by atoms with E-state index in [0.29, 0.717) is 30.0 Å². The molecule has 2 fully saturated rings. The highest BCUT2D eigenvalue weighted by Gasteiger charge is 2.23. The Morgan fingerprint density at radius 3 is 2.59 bits per heavy atom. The van der Waals surface area contributed by atoms with Crippen LogP contribution in [0, 0.1) is 0 Å². The molecule has 4 rings (SSSR count). The van der Waals surface area contributed by atoms with Gasteiger partial charge in [-0.05, 0) is 43.5 Å². The molecule has 27 heavy (non-hydrogen) atoms. The van der Waals surface area contributed by atoms with Crippen LogP contribution in [-0.4, -0.2) is 54.0 Å². The van der Waals surface area contributed by atoms with Crippen LogP contribution in [0.3, 0.4) is 0 Å². The third-order valence-electron chi connectivity index (χ3n) is 5.12. The quantitative estimate of drug-likeness (QED) is 0.904. The number of carbonyl (C=O) groups is 2. The molecule has 3 heterocycles. The Labute approximate surface area is 158 Å². The van der Waals surface area contributed by atoms with E-state index in [-0.39, 0.29) is 17.9 Å². The number of hydrogen-bond donors (Lipinski definition) is 1. The summed E-state index contributed by atoms with van der Waals surface area (Å²) >= 11 is 0. The van der Waals surface area contributed by atoms with Gasteiger partial charge in [0.05, 0.1) is 23.9 Å². The second-order valence-corrected chi connectivity index (χ2v) is 7.01. The Morgan fingerprint density at radius 2 is 1.89 bits per heavy atom. The third-order valence-corrected chi connectivity index (χ3v) is 5.12. The van der Waals surface area contributed by atoms with E-state index in [4.69, 9.17) is 4.74 Å². The lowest BCUT2D eigenvalue weighted by molar-refractivity contribution is 0.0792. The van der Waals surface area contributed by atoms with Crippen LogP contribution in [0.2, 0.25) is 0 Å². The first-order chi connectivity index (χ1) is 13.2. The fourth-order valence-electron chi connectivity index (χ4n) is 3.60. The maximum absolute atomic E-state index is 12.8. The van der Waals surface area contributed by atoms with Gasteiger partial charge in [-0.1, -0.05) is 12.1 Å². The Bertz CT molecular complexity index is 823. The molecule has 0 bridgehead atoms. The third kappa shape index (κ3) is 3.85. The molecule has 2 amide bonds. The number of benzene rings is 1. The van der Waals surface area contributed by atoms with Crippen molar-refractivity contribution >= 4 is 11.8 Å². The molecule has 1 aromatic heterocycles. The molecule has 0 radical (unpaired) electrons. The Balaban J connectivity index is 1.53. The van der Waals surface area contributed by atoms with Crippen LogP contribution in [0.15, 0.2) is 42.6 Å². The number of nitrogens with one attached hydrogen (secondary N) is 1. The molecule has 2 aliphatic rings. The molecule has 2 aromatic rings. The van der Waals surface area contributed by atoms with Gasteiger partial charge in [-0.15, -0.1) is 0 Å². The van der Waals surface area contributed by atoms with Crippen LogP contribution in [0.4, 0.5) is 0 Å². The zero-order chi connectivity index (χ0) is 18.6. The first-order valence-electron chi connectivity index (χ1n) is 9.46. The SMILES string of the molecule is O=C(N[C@@H]1CCOC1)c1ccc(-c2ncccc2C(=O)N2CCCC2)cc1. The summed E-state index contributed by atoms with van der Waals surface area (Å²) in [5.74, 6) is -0.0786. The number of pyridine rings is 1. The molecular formula is C21H23N3O3. The largest absolute Gasteiger partial charge is 0.379 e. The van der Waals surface area contributed by atoms with Crippen LogP contribution < -0.4 is 5.32 Å². The number of ether oxygens (including phenoxy) is 1. The minimum atomic E-state index is -0.105. The average molecular weight is 365 g/mol. The van der Waals surface area contributed by atoms with E-state index in [1.54, 1.807) is 24.4 Å². The van der Waals surface area contributed by atoms with Crippen LogP contribution >= 0.6 is 0 Å². The van der Waals surface area contributed by atoms with Crippen molar-refractivity contribution in [2.75, 3.05) is 26.3 Å². The van der Waals surface area contributed by atoms with Crippen LogP contribution in [-0.2, 0) is 4.74 Å². The lowest BCUT2D eigenvalue weighted by atomic mass is 10.0. The van der Waals surface area contributed by atoms with Gasteiger partial charge in [0, 0.05) is 37.0 Å². The number of carbonyl (C=O) groups excluding carboxylic acids is 2. The molecule has 0 unspecified atom stereocenters. The van der Waals surface area contributed by atoms with Gasteiger partial charge in [0.15, 0.2) is 0 Å². The van der Waals surface area contributed by atoms with E-state index in [1.165, 1.54) is 0 Å². The van der Waals surface area contributed by atoms with Crippen molar-refractivity contribution in [2.45, 2.75) is 25.3 Å². The first kappa shape index (κ1) is 17.7. The highest BCUT2D eigenvalue weighted by Crippen LogP contribution is 2.24. The van der Waals surface area contributed by atoms with Gasteiger partial charge >= 0.3 is 0 Å². The smallest absolute Gasteiger partial charge is 0.256 e. The van der Waals surface area contributed by atoms with Crippen LogP contribution in [0.1, 0.15) is 40.0 Å². The van der Waals surface area contributed by atoms with Crippen molar-refractivity contribution in [3.8, 4) is 11.3 Å². The van der Waals surface area contributed by atoms with Crippen LogP contribution in [0.25, 0.3) is 11.3 Å². The van der Waals surface area contributed by atoms with Gasteiger partial charge in [-0.2, -0.15) is 0 Å². The summed E-state index contributed by atoms with van der Waals surface area (Å²) in [4.78, 5) is 31.5. The van der Waals surface area contributed by atoms with Gasteiger partial charge in [0.25, 0.3) is 11.8 Å². The van der Waals surface area contributed by atoms with E-state index in [9.17, 15) is 9.59 Å². The van der Waals surface area contributed by atoms with Gasteiger partial charge in [0.1, 0.15) is 0 Å². The van der Waals surface area contributed by atoms with Crippen molar-refractivity contribution in [1.29, 1.82) is 0 Å². The molecular weight excluding hydrogens is 342 g/mol. The topological polar surface area (TPSA) is 71.5 Å². The highest BCUT2D eigenvalue weighted by atomic mass is 16.5. The molecule has 0 spiro atoms. The van der Waals surface area contributed by atoms with Gasteiger partial charge in [-0.3, -0.25) is 14.6 Å².